The van der Waals surface area contributed by atoms with Gasteiger partial charge in [-0.2, -0.15) is 0 Å². The second kappa shape index (κ2) is 22.8. The van der Waals surface area contributed by atoms with Gasteiger partial charge < -0.3 is 20.4 Å². The zero-order valence-corrected chi connectivity index (χ0v) is 15.5. The summed E-state index contributed by atoms with van der Waals surface area (Å²) in [6.45, 7) is 4.34. The molecule has 0 rings (SSSR count). The van der Waals surface area contributed by atoms with Crippen molar-refractivity contribution in [2.45, 2.75) is 103 Å². The minimum Gasteiger partial charge on any atom is -0.368 e. The van der Waals surface area contributed by atoms with Gasteiger partial charge in [0.05, 0.1) is 0 Å². The van der Waals surface area contributed by atoms with E-state index in [1.807, 2.05) is 0 Å². The Labute approximate surface area is 145 Å². The molecular formula is C16H36O4Ti. The van der Waals surface area contributed by atoms with Gasteiger partial charge in [0.1, 0.15) is 0 Å². The van der Waals surface area contributed by atoms with E-state index in [1.54, 1.807) is 0 Å². The van der Waals surface area contributed by atoms with Crippen LogP contribution in [0.2, 0.25) is 0 Å². The van der Waals surface area contributed by atoms with Gasteiger partial charge in [0.2, 0.25) is 0 Å². The molecule has 0 aromatic rings. The van der Waals surface area contributed by atoms with E-state index < -0.39 is 12.6 Å². The minimum absolute atomic E-state index is 0. The molecule has 0 atom stereocenters. The van der Waals surface area contributed by atoms with E-state index in [4.69, 9.17) is 20.4 Å². The molecular weight excluding hydrogens is 304 g/mol. The second-order valence-electron chi connectivity index (χ2n) is 5.37. The van der Waals surface area contributed by atoms with E-state index in [0.29, 0.717) is 12.8 Å². The van der Waals surface area contributed by atoms with Gasteiger partial charge in [-0.1, -0.05) is 65.2 Å². The zero-order valence-electron chi connectivity index (χ0n) is 13.9. The zero-order chi connectivity index (χ0) is 15.6. The molecule has 0 spiro atoms. The van der Waals surface area contributed by atoms with Gasteiger partial charge in [-0.05, 0) is 25.7 Å². The maximum absolute atomic E-state index is 8.46. The quantitative estimate of drug-likeness (QED) is 0.250. The summed E-state index contributed by atoms with van der Waals surface area (Å²) < 4.78 is 0. The molecule has 0 aromatic carbocycles. The Balaban J connectivity index is -0.000000295. The third kappa shape index (κ3) is 33.4. The first-order valence-electron chi connectivity index (χ1n) is 8.26. The summed E-state index contributed by atoms with van der Waals surface area (Å²) in [6.07, 6.45) is 10.5. The molecule has 0 bridgehead atoms. The average Bonchev–Trinajstić information content (AvgIpc) is 2.38. The molecule has 0 aliphatic heterocycles. The molecule has 5 heteroatoms. The Kier molecular flexibility index (Phi) is 28.8. The maximum atomic E-state index is 8.46. The Morgan fingerprint density at radius 2 is 0.810 bits per heavy atom. The summed E-state index contributed by atoms with van der Waals surface area (Å²) in [5.74, 6) is 0. The monoisotopic (exact) mass is 340 g/mol. The van der Waals surface area contributed by atoms with Gasteiger partial charge in [-0.25, -0.2) is 0 Å². The van der Waals surface area contributed by atoms with E-state index in [-0.39, 0.29) is 21.7 Å². The summed E-state index contributed by atoms with van der Waals surface area (Å²) in [7, 11) is 0. The van der Waals surface area contributed by atoms with E-state index in [9.17, 15) is 0 Å². The van der Waals surface area contributed by atoms with Crippen LogP contribution < -0.4 is 0 Å². The van der Waals surface area contributed by atoms with Gasteiger partial charge >= 0.3 is 0 Å². The Bertz CT molecular complexity index is 148. The van der Waals surface area contributed by atoms with E-state index >= 15 is 0 Å². The van der Waals surface area contributed by atoms with Crippen LogP contribution in [0.25, 0.3) is 0 Å². The number of hydrogen-bond acceptors (Lipinski definition) is 4. The molecule has 0 saturated carbocycles. The summed E-state index contributed by atoms with van der Waals surface area (Å²) in [5.41, 5.74) is 0. The molecule has 0 unspecified atom stereocenters. The molecule has 0 radical (unpaired) electrons. The number of rotatable bonds is 12. The Morgan fingerprint density at radius 3 is 1.05 bits per heavy atom. The average molecular weight is 340 g/mol. The third-order valence-corrected chi connectivity index (χ3v) is 3.13. The largest absolute Gasteiger partial charge is 0.368 e. The summed E-state index contributed by atoms with van der Waals surface area (Å²) in [5, 5.41) is 33.9. The molecule has 0 aromatic heterocycles. The number of aliphatic hydroxyl groups excluding tert-OH is 2. The first kappa shape index (κ1) is 26.5. The third-order valence-electron chi connectivity index (χ3n) is 3.13. The smallest absolute Gasteiger partial charge is 0.151 e. The number of unbranched alkanes of at least 4 members (excludes halogenated alkanes) is 8. The van der Waals surface area contributed by atoms with Crippen LogP contribution in [0.5, 0.6) is 0 Å². The van der Waals surface area contributed by atoms with Crippen LogP contribution in [0.3, 0.4) is 0 Å². The van der Waals surface area contributed by atoms with Crippen LogP contribution in [-0.2, 0) is 21.7 Å². The van der Waals surface area contributed by atoms with Crippen LogP contribution in [-0.4, -0.2) is 33.0 Å². The van der Waals surface area contributed by atoms with Crippen molar-refractivity contribution in [3.05, 3.63) is 0 Å². The predicted octanol–water partition coefficient (Wildman–Crippen LogP) is 3.31. The van der Waals surface area contributed by atoms with Crippen molar-refractivity contribution in [3.8, 4) is 0 Å². The fraction of sp³-hybridized carbons (Fsp3) is 1.00. The SMILES string of the molecule is CCCCCCCC(O)O.CCCCCCCC(O)O.[Ti]. The van der Waals surface area contributed by atoms with Crippen molar-refractivity contribution in [3.63, 3.8) is 0 Å². The summed E-state index contributed by atoms with van der Waals surface area (Å²) in [6, 6.07) is 0. The van der Waals surface area contributed by atoms with Gasteiger partial charge in [-0.3, -0.25) is 0 Å². The van der Waals surface area contributed by atoms with Crippen molar-refractivity contribution in [1.29, 1.82) is 0 Å². The van der Waals surface area contributed by atoms with E-state index in [2.05, 4.69) is 13.8 Å². The fourth-order valence-electron chi connectivity index (χ4n) is 1.86. The first-order chi connectivity index (χ1) is 9.54. The summed E-state index contributed by atoms with van der Waals surface area (Å²) in [4.78, 5) is 0. The number of hydrogen-bond donors (Lipinski definition) is 4. The topological polar surface area (TPSA) is 80.9 Å². The van der Waals surface area contributed by atoms with Crippen molar-refractivity contribution in [1.82, 2.24) is 0 Å². The van der Waals surface area contributed by atoms with Crippen molar-refractivity contribution in [2.75, 3.05) is 0 Å². The second-order valence-corrected chi connectivity index (χ2v) is 5.37. The molecule has 0 saturated heterocycles. The van der Waals surface area contributed by atoms with Crippen LogP contribution >= 0.6 is 0 Å². The molecule has 4 nitrogen and oxygen atoms in total. The Hall–Kier alpha value is 0.554. The van der Waals surface area contributed by atoms with Crippen molar-refractivity contribution in [2.24, 2.45) is 0 Å². The molecule has 0 fully saturated rings. The minimum atomic E-state index is -1.10. The molecule has 0 aliphatic rings. The first-order valence-corrected chi connectivity index (χ1v) is 8.26. The normalized spacial score (nSPS) is 10.3. The molecule has 0 amide bonds. The van der Waals surface area contributed by atoms with Crippen LogP contribution in [0, 0.1) is 0 Å². The van der Waals surface area contributed by atoms with Gasteiger partial charge in [-0.15, -0.1) is 0 Å². The van der Waals surface area contributed by atoms with E-state index in [0.717, 1.165) is 25.7 Å². The predicted molar refractivity (Wildman–Crippen MR) is 83.2 cm³/mol. The van der Waals surface area contributed by atoms with Crippen LogP contribution in [0.1, 0.15) is 90.9 Å². The maximum Gasteiger partial charge on any atom is 0.151 e. The molecule has 0 aliphatic carbocycles. The van der Waals surface area contributed by atoms with Gasteiger partial charge in [0, 0.05) is 21.7 Å². The number of aliphatic hydroxyl groups is 4. The molecule has 0 heterocycles. The van der Waals surface area contributed by atoms with Crippen LogP contribution in [0.4, 0.5) is 0 Å². The van der Waals surface area contributed by atoms with E-state index in [1.165, 1.54) is 38.5 Å². The van der Waals surface area contributed by atoms with Crippen molar-refractivity contribution < 1.29 is 42.1 Å². The molecule has 128 valence electrons. The standard InChI is InChI=1S/2C8H18O2.Ti/c2*1-2-3-4-5-6-7-8(9)10;/h2*8-10H,2-7H2,1H3;. The molecule has 4 N–H and O–H groups in total. The molecule has 21 heavy (non-hydrogen) atoms. The fourth-order valence-corrected chi connectivity index (χ4v) is 1.86. The van der Waals surface area contributed by atoms with Crippen molar-refractivity contribution >= 4 is 0 Å². The Morgan fingerprint density at radius 1 is 0.524 bits per heavy atom. The van der Waals surface area contributed by atoms with Crippen LogP contribution in [0.15, 0.2) is 0 Å². The van der Waals surface area contributed by atoms with Gasteiger partial charge in [0.25, 0.3) is 0 Å². The van der Waals surface area contributed by atoms with Gasteiger partial charge in [0.15, 0.2) is 12.6 Å². The summed E-state index contributed by atoms with van der Waals surface area (Å²) >= 11 is 0.